The molecule has 134 valence electrons. The third-order valence-electron chi connectivity index (χ3n) is 5.98. The number of ether oxygens (including phenoxy) is 1. The van der Waals surface area contributed by atoms with Crippen molar-refractivity contribution in [2.24, 2.45) is 17.8 Å². The van der Waals surface area contributed by atoms with Crippen LogP contribution in [0.25, 0.3) is 0 Å². The normalized spacial score (nSPS) is 29.3. The summed E-state index contributed by atoms with van der Waals surface area (Å²) in [5.74, 6) is 1.44. The number of amides is 2. The van der Waals surface area contributed by atoms with Gasteiger partial charge in [0.15, 0.2) is 0 Å². The lowest BCUT2D eigenvalue weighted by Gasteiger charge is -2.50. The Morgan fingerprint density at radius 3 is 2.76 bits per heavy atom. The molecule has 1 spiro atoms. The molecule has 3 atom stereocenters. The fourth-order valence-electron chi connectivity index (χ4n) is 4.16. The second-order valence-corrected chi connectivity index (χ2v) is 7.69. The van der Waals surface area contributed by atoms with Crippen molar-refractivity contribution in [3.8, 4) is 0 Å². The van der Waals surface area contributed by atoms with Crippen LogP contribution in [0, 0.1) is 17.8 Å². The van der Waals surface area contributed by atoms with Gasteiger partial charge in [-0.2, -0.15) is 0 Å². The molecule has 1 aliphatic carbocycles. The van der Waals surface area contributed by atoms with Crippen molar-refractivity contribution in [1.82, 2.24) is 15.2 Å². The van der Waals surface area contributed by atoms with Crippen molar-refractivity contribution in [3.63, 3.8) is 0 Å². The minimum atomic E-state index is -0.171. The molecule has 1 N–H and O–H groups in total. The van der Waals surface area contributed by atoms with E-state index in [4.69, 9.17) is 4.74 Å². The van der Waals surface area contributed by atoms with Crippen LogP contribution < -0.4 is 5.32 Å². The van der Waals surface area contributed by atoms with Gasteiger partial charge in [0, 0.05) is 37.0 Å². The first-order valence-corrected chi connectivity index (χ1v) is 9.20. The molecule has 0 radical (unpaired) electrons. The molecule has 6 nitrogen and oxygen atoms in total. The number of nitrogens with zero attached hydrogens (tertiary/aromatic N) is 2. The molecule has 4 rings (SSSR count). The first kappa shape index (κ1) is 16.5. The van der Waals surface area contributed by atoms with Gasteiger partial charge >= 0.3 is 0 Å². The first-order valence-electron chi connectivity index (χ1n) is 9.20. The van der Waals surface area contributed by atoms with E-state index in [1.54, 1.807) is 24.5 Å². The highest BCUT2D eigenvalue weighted by Crippen LogP contribution is 2.45. The van der Waals surface area contributed by atoms with Crippen LogP contribution in [-0.2, 0) is 9.53 Å². The maximum absolute atomic E-state index is 12.3. The Morgan fingerprint density at radius 1 is 1.36 bits per heavy atom. The maximum atomic E-state index is 12.3. The fourth-order valence-corrected chi connectivity index (χ4v) is 4.16. The maximum Gasteiger partial charge on any atom is 0.251 e. The molecule has 25 heavy (non-hydrogen) atoms. The van der Waals surface area contributed by atoms with E-state index in [0.717, 1.165) is 39.0 Å². The molecule has 6 heteroatoms. The summed E-state index contributed by atoms with van der Waals surface area (Å²) in [5.41, 5.74) is 0.459. The molecule has 3 heterocycles. The average molecular weight is 343 g/mol. The van der Waals surface area contributed by atoms with E-state index in [0.29, 0.717) is 29.9 Å². The number of pyridine rings is 1. The van der Waals surface area contributed by atoms with Gasteiger partial charge in [-0.1, -0.05) is 6.92 Å². The standard InChI is InChI=1S/C19H25N3O3/c1-13-10-16(13)18(24)22-11-19(12-22)15(5-9-25-19)4-8-21-17(23)14-2-6-20-7-3-14/h2-3,6-7,13,15-16H,4-5,8-12H2,1H3,(H,21,23)/t13-,15+,16-/m1/s1. The molecule has 1 aromatic rings. The second kappa shape index (κ2) is 6.41. The largest absolute Gasteiger partial charge is 0.371 e. The van der Waals surface area contributed by atoms with Crippen LogP contribution in [0.5, 0.6) is 0 Å². The second-order valence-electron chi connectivity index (χ2n) is 7.69. The molecule has 2 aliphatic heterocycles. The smallest absolute Gasteiger partial charge is 0.251 e. The lowest BCUT2D eigenvalue weighted by molar-refractivity contribution is -0.166. The van der Waals surface area contributed by atoms with E-state index in [-0.39, 0.29) is 17.4 Å². The van der Waals surface area contributed by atoms with Crippen LogP contribution in [0.4, 0.5) is 0 Å². The number of likely N-dealkylation sites (tertiary alicyclic amines) is 1. The van der Waals surface area contributed by atoms with Crippen molar-refractivity contribution >= 4 is 11.8 Å². The molecular formula is C19H25N3O3. The van der Waals surface area contributed by atoms with Gasteiger partial charge in [-0.15, -0.1) is 0 Å². The lowest BCUT2D eigenvalue weighted by atomic mass is 9.78. The van der Waals surface area contributed by atoms with Gasteiger partial charge in [0.1, 0.15) is 5.60 Å². The molecule has 2 amide bonds. The van der Waals surface area contributed by atoms with Crippen LogP contribution in [0.15, 0.2) is 24.5 Å². The molecule has 1 saturated carbocycles. The molecule has 2 saturated heterocycles. The third-order valence-corrected chi connectivity index (χ3v) is 5.98. The van der Waals surface area contributed by atoms with Crippen molar-refractivity contribution in [3.05, 3.63) is 30.1 Å². The summed E-state index contributed by atoms with van der Waals surface area (Å²) in [6.07, 6.45) is 6.17. The van der Waals surface area contributed by atoms with Gasteiger partial charge < -0.3 is 15.0 Å². The number of rotatable bonds is 5. The van der Waals surface area contributed by atoms with E-state index >= 15 is 0 Å². The van der Waals surface area contributed by atoms with E-state index in [1.807, 2.05) is 4.90 Å². The van der Waals surface area contributed by atoms with E-state index in [9.17, 15) is 9.59 Å². The summed E-state index contributed by atoms with van der Waals surface area (Å²) in [7, 11) is 0. The summed E-state index contributed by atoms with van der Waals surface area (Å²) in [6.45, 7) is 4.96. The molecule has 1 aromatic heterocycles. The Labute approximate surface area is 147 Å². The summed E-state index contributed by atoms with van der Waals surface area (Å²) in [5, 5.41) is 2.98. The van der Waals surface area contributed by atoms with Crippen molar-refractivity contribution in [1.29, 1.82) is 0 Å². The Balaban J connectivity index is 1.25. The minimum absolute atomic E-state index is 0.0662. The van der Waals surface area contributed by atoms with Gasteiger partial charge in [-0.25, -0.2) is 0 Å². The summed E-state index contributed by atoms with van der Waals surface area (Å²) in [4.78, 5) is 30.3. The zero-order chi connectivity index (χ0) is 17.4. The van der Waals surface area contributed by atoms with Crippen LogP contribution in [-0.4, -0.2) is 53.5 Å². The van der Waals surface area contributed by atoms with Gasteiger partial charge in [0.2, 0.25) is 5.91 Å². The van der Waals surface area contributed by atoms with Gasteiger partial charge in [0.05, 0.1) is 13.1 Å². The van der Waals surface area contributed by atoms with Crippen molar-refractivity contribution in [2.75, 3.05) is 26.2 Å². The Kier molecular flexibility index (Phi) is 4.23. The molecule has 3 fully saturated rings. The topological polar surface area (TPSA) is 71.5 Å². The van der Waals surface area contributed by atoms with Gasteiger partial charge in [-0.05, 0) is 43.2 Å². The van der Waals surface area contributed by atoms with Crippen molar-refractivity contribution < 1.29 is 14.3 Å². The average Bonchev–Trinajstić information content (AvgIpc) is 3.17. The Bertz CT molecular complexity index is 657. The van der Waals surface area contributed by atoms with E-state index in [2.05, 4.69) is 17.2 Å². The van der Waals surface area contributed by atoms with Crippen LogP contribution >= 0.6 is 0 Å². The summed E-state index contributed by atoms with van der Waals surface area (Å²) < 4.78 is 6.02. The predicted octanol–water partition coefficient (Wildman–Crippen LogP) is 1.47. The minimum Gasteiger partial charge on any atom is -0.371 e. The highest BCUT2D eigenvalue weighted by Gasteiger charge is 2.56. The summed E-state index contributed by atoms with van der Waals surface area (Å²) in [6, 6.07) is 3.42. The number of nitrogens with one attached hydrogen (secondary N) is 1. The van der Waals surface area contributed by atoms with E-state index in [1.165, 1.54) is 0 Å². The molecular weight excluding hydrogens is 318 g/mol. The highest BCUT2D eigenvalue weighted by molar-refractivity contribution is 5.93. The van der Waals surface area contributed by atoms with Gasteiger partial charge in [0.25, 0.3) is 5.91 Å². The lowest BCUT2D eigenvalue weighted by Crippen LogP contribution is -2.66. The number of carbonyl (C=O) groups is 2. The Hall–Kier alpha value is -1.95. The van der Waals surface area contributed by atoms with Gasteiger partial charge in [-0.3, -0.25) is 14.6 Å². The monoisotopic (exact) mass is 343 g/mol. The van der Waals surface area contributed by atoms with Crippen LogP contribution in [0.1, 0.15) is 36.5 Å². The Morgan fingerprint density at radius 2 is 2.08 bits per heavy atom. The number of hydrogen-bond donors (Lipinski definition) is 1. The zero-order valence-corrected chi connectivity index (χ0v) is 14.6. The quantitative estimate of drug-likeness (QED) is 0.879. The fraction of sp³-hybridized carbons (Fsp3) is 0.632. The van der Waals surface area contributed by atoms with E-state index < -0.39 is 0 Å². The van der Waals surface area contributed by atoms with Crippen LogP contribution in [0.3, 0.4) is 0 Å². The number of aromatic nitrogens is 1. The summed E-state index contributed by atoms with van der Waals surface area (Å²) >= 11 is 0. The predicted molar refractivity (Wildman–Crippen MR) is 91.8 cm³/mol. The third kappa shape index (κ3) is 3.15. The van der Waals surface area contributed by atoms with Crippen LogP contribution in [0.2, 0.25) is 0 Å². The van der Waals surface area contributed by atoms with Crippen molar-refractivity contribution in [2.45, 2.75) is 31.8 Å². The number of hydrogen-bond acceptors (Lipinski definition) is 4. The molecule has 0 bridgehead atoms. The first-order chi connectivity index (χ1) is 12.1. The highest BCUT2D eigenvalue weighted by atomic mass is 16.5. The molecule has 0 aromatic carbocycles. The zero-order valence-electron chi connectivity index (χ0n) is 14.6. The molecule has 3 aliphatic rings. The SMILES string of the molecule is C[C@@H]1C[C@H]1C(=O)N1CC2(C1)OCC[C@@H]2CCNC(=O)c1ccncc1. The molecule has 0 unspecified atom stereocenters. The number of carbonyl (C=O) groups excluding carboxylic acids is 2.